The number of amides is 1. The van der Waals surface area contributed by atoms with Crippen LogP contribution in [0.3, 0.4) is 0 Å². The molecule has 0 spiro atoms. The Labute approximate surface area is 157 Å². The number of piperazine rings is 1. The van der Waals surface area contributed by atoms with Crippen LogP contribution in [0, 0.1) is 5.92 Å². The number of hydrogen-bond donors (Lipinski definition) is 1. The molecule has 7 heteroatoms. The minimum absolute atomic E-state index is 0. The van der Waals surface area contributed by atoms with Crippen molar-refractivity contribution in [2.45, 2.75) is 6.92 Å². The van der Waals surface area contributed by atoms with E-state index in [0.29, 0.717) is 6.61 Å². The Morgan fingerprint density at radius 2 is 1.79 bits per heavy atom. The van der Waals surface area contributed by atoms with Gasteiger partial charge in [-0.25, -0.2) is 0 Å². The lowest BCUT2D eigenvalue weighted by atomic mass is 10.1. The number of halogens is 2. The van der Waals surface area contributed by atoms with Crippen molar-refractivity contribution in [2.75, 3.05) is 52.9 Å². The summed E-state index contributed by atoms with van der Waals surface area (Å²) >= 11 is 0. The molecule has 0 aliphatic carbocycles. The normalized spacial score (nSPS) is 15.8. The van der Waals surface area contributed by atoms with E-state index in [9.17, 15) is 4.79 Å². The smallest absolute Gasteiger partial charge is 0.226 e. The molecule has 1 saturated heterocycles. The molecule has 1 amide bonds. The molecule has 1 aliphatic heterocycles. The molecule has 1 aromatic carbocycles. The zero-order valence-corrected chi connectivity index (χ0v) is 16.1. The average Bonchev–Trinajstić information content (AvgIpc) is 2.56. The third-order valence-corrected chi connectivity index (χ3v) is 4.04. The Morgan fingerprint density at radius 3 is 2.38 bits per heavy atom. The summed E-state index contributed by atoms with van der Waals surface area (Å²) < 4.78 is 5.72. The van der Waals surface area contributed by atoms with Gasteiger partial charge in [-0.3, -0.25) is 9.69 Å². The van der Waals surface area contributed by atoms with Crippen LogP contribution in [0.2, 0.25) is 0 Å². The number of hydrogen-bond acceptors (Lipinski definition) is 4. The van der Waals surface area contributed by atoms with E-state index in [1.165, 1.54) is 0 Å². The maximum Gasteiger partial charge on any atom is 0.226 e. The molecule has 138 valence electrons. The maximum absolute atomic E-state index is 12.2. The maximum atomic E-state index is 12.2. The molecule has 1 heterocycles. The molecule has 1 aliphatic rings. The largest absolute Gasteiger partial charge is 0.492 e. The highest BCUT2D eigenvalue weighted by Gasteiger charge is 2.24. The first-order chi connectivity index (χ1) is 10.7. The number of benzene rings is 1. The Bertz CT molecular complexity index is 454. The van der Waals surface area contributed by atoms with E-state index in [1.807, 2.05) is 49.2 Å². The summed E-state index contributed by atoms with van der Waals surface area (Å²) in [6.45, 7) is 7.81. The van der Waals surface area contributed by atoms with Crippen molar-refractivity contribution < 1.29 is 9.53 Å². The SMILES string of the molecule is CNCC(C)C(=O)N1CCN(CCOc2ccccc2)CC1.Cl.Cl. The van der Waals surface area contributed by atoms with Crippen molar-refractivity contribution in [2.24, 2.45) is 5.92 Å². The van der Waals surface area contributed by atoms with Gasteiger partial charge < -0.3 is 15.0 Å². The van der Waals surface area contributed by atoms with E-state index >= 15 is 0 Å². The van der Waals surface area contributed by atoms with E-state index in [2.05, 4.69) is 10.2 Å². The summed E-state index contributed by atoms with van der Waals surface area (Å²) in [5.41, 5.74) is 0. The van der Waals surface area contributed by atoms with Crippen LogP contribution in [0.15, 0.2) is 30.3 Å². The van der Waals surface area contributed by atoms with Crippen LogP contribution in [0.4, 0.5) is 0 Å². The highest BCUT2D eigenvalue weighted by Crippen LogP contribution is 2.10. The number of ether oxygens (including phenoxy) is 1. The number of nitrogens with one attached hydrogen (secondary N) is 1. The fourth-order valence-corrected chi connectivity index (χ4v) is 2.71. The van der Waals surface area contributed by atoms with E-state index in [4.69, 9.17) is 4.74 Å². The Balaban J connectivity index is 0.00000264. The number of para-hydroxylation sites is 1. The second kappa shape index (κ2) is 12.4. The molecule has 0 saturated carbocycles. The van der Waals surface area contributed by atoms with Crippen molar-refractivity contribution in [3.05, 3.63) is 30.3 Å². The van der Waals surface area contributed by atoms with Gasteiger partial charge in [-0.1, -0.05) is 25.1 Å². The molecule has 1 N–H and O–H groups in total. The van der Waals surface area contributed by atoms with Gasteiger partial charge in [-0.05, 0) is 19.2 Å². The third kappa shape index (κ3) is 7.26. The fourth-order valence-electron chi connectivity index (χ4n) is 2.71. The van der Waals surface area contributed by atoms with Gasteiger partial charge in [0.15, 0.2) is 0 Å². The summed E-state index contributed by atoms with van der Waals surface area (Å²) in [5, 5.41) is 3.07. The summed E-state index contributed by atoms with van der Waals surface area (Å²) in [5.74, 6) is 1.23. The topological polar surface area (TPSA) is 44.8 Å². The van der Waals surface area contributed by atoms with Crippen molar-refractivity contribution in [3.8, 4) is 5.75 Å². The monoisotopic (exact) mass is 377 g/mol. The first kappa shape index (κ1) is 23.0. The highest BCUT2D eigenvalue weighted by atomic mass is 35.5. The molecule has 0 bridgehead atoms. The molecular weight excluding hydrogens is 349 g/mol. The van der Waals surface area contributed by atoms with Gasteiger partial charge in [0.2, 0.25) is 5.91 Å². The molecule has 1 atom stereocenters. The van der Waals surface area contributed by atoms with E-state index in [0.717, 1.165) is 45.0 Å². The second-order valence-electron chi connectivity index (χ2n) is 5.79. The summed E-state index contributed by atoms with van der Waals surface area (Å²) in [4.78, 5) is 16.6. The van der Waals surface area contributed by atoms with E-state index < -0.39 is 0 Å². The van der Waals surface area contributed by atoms with Crippen LogP contribution in [-0.4, -0.2) is 68.6 Å². The number of rotatable bonds is 7. The molecule has 1 unspecified atom stereocenters. The van der Waals surface area contributed by atoms with E-state index in [-0.39, 0.29) is 36.6 Å². The third-order valence-electron chi connectivity index (χ3n) is 4.04. The molecular formula is C17H29Cl2N3O2. The lowest BCUT2D eigenvalue weighted by Gasteiger charge is -2.35. The molecule has 0 aromatic heterocycles. The van der Waals surface area contributed by atoms with Crippen LogP contribution in [0.1, 0.15) is 6.92 Å². The van der Waals surface area contributed by atoms with Gasteiger partial charge in [-0.2, -0.15) is 0 Å². The summed E-state index contributed by atoms with van der Waals surface area (Å²) in [7, 11) is 1.88. The summed E-state index contributed by atoms with van der Waals surface area (Å²) in [6.07, 6.45) is 0. The zero-order valence-electron chi connectivity index (χ0n) is 14.4. The molecule has 0 radical (unpaired) electrons. The van der Waals surface area contributed by atoms with Crippen LogP contribution < -0.4 is 10.1 Å². The number of carbonyl (C=O) groups excluding carboxylic acids is 1. The molecule has 2 rings (SSSR count). The lowest BCUT2D eigenvalue weighted by Crippen LogP contribution is -2.51. The van der Waals surface area contributed by atoms with Crippen LogP contribution >= 0.6 is 24.8 Å². The van der Waals surface area contributed by atoms with Gasteiger partial charge in [0, 0.05) is 45.2 Å². The van der Waals surface area contributed by atoms with Gasteiger partial charge in [0.1, 0.15) is 12.4 Å². The van der Waals surface area contributed by atoms with Crippen molar-refractivity contribution in [3.63, 3.8) is 0 Å². The van der Waals surface area contributed by atoms with Gasteiger partial charge in [0.05, 0.1) is 0 Å². The molecule has 1 aromatic rings. The Kier molecular flexibility index (Phi) is 11.8. The average molecular weight is 378 g/mol. The van der Waals surface area contributed by atoms with Crippen LogP contribution in [-0.2, 0) is 4.79 Å². The predicted molar refractivity (Wildman–Crippen MR) is 103 cm³/mol. The van der Waals surface area contributed by atoms with Crippen molar-refractivity contribution in [1.29, 1.82) is 0 Å². The van der Waals surface area contributed by atoms with Gasteiger partial charge >= 0.3 is 0 Å². The minimum atomic E-state index is 0. The van der Waals surface area contributed by atoms with Crippen LogP contribution in [0.25, 0.3) is 0 Å². The lowest BCUT2D eigenvalue weighted by molar-refractivity contribution is -0.136. The Hall–Kier alpha value is -1.01. The number of nitrogens with zero attached hydrogens (tertiary/aromatic N) is 2. The first-order valence-corrected chi connectivity index (χ1v) is 8.04. The van der Waals surface area contributed by atoms with Gasteiger partial charge in [-0.15, -0.1) is 24.8 Å². The second-order valence-corrected chi connectivity index (χ2v) is 5.79. The predicted octanol–water partition coefficient (Wildman–Crippen LogP) is 1.91. The number of carbonyl (C=O) groups is 1. The highest BCUT2D eigenvalue weighted by molar-refractivity contribution is 5.85. The van der Waals surface area contributed by atoms with Crippen LogP contribution in [0.5, 0.6) is 5.75 Å². The standard InChI is InChI=1S/C17H27N3O2.2ClH/c1-15(14-18-2)17(21)20-10-8-19(9-11-20)12-13-22-16-6-4-3-5-7-16;;/h3-7,15,18H,8-14H2,1-2H3;2*1H. The minimum Gasteiger partial charge on any atom is -0.492 e. The molecule has 5 nitrogen and oxygen atoms in total. The first-order valence-electron chi connectivity index (χ1n) is 8.04. The quantitative estimate of drug-likeness (QED) is 0.788. The Morgan fingerprint density at radius 1 is 1.17 bits per heavy atom. The van der Waals surface area contributed by atoms with Crippen molar-refractivity contribution in [1.82, 2.24) is 15.1 Å². The molecule has 24 heavy (non-hydrogen) atoms. The molecule has 1 fully saturated rings. The fraction of sp³-hybridized carbons (Fsp3) is 0.588. The van der Waals surface area contributed by atoms with Gasteiger partial charge in [0.25, 0.3) is 0 Å². The zero-order chi connectivity index (χ0) is 15.8. The summed E-state index contributed by atoms with van der Waals surface area (Å²) in [6, 6.07) is 9.88. The van der Waals surface area contributed by atoms with E-state index in [1.54, 1.807) is 0 Å². The van der Waals surface area contributed by atoms with Crippen molar-refractivity contribution >= 4 is 30.7 Å².